The normalized spacial score (nSPS) is 16.9. The van der Waals surface area contributed by atoms with E-state index >= 15 is 0 Å². The maximum Gasteiger partial charge on any atom is 0.231 e. The maximum atomic E-state index is 12.8. The molecular formula is C18H31Cl2N3O. The predicted molar refractivity (Wildman–Crippen MR) is 105 cm³/mol. The molecule has 1 heterocycles. The van der Waals surface area contributed by atoms with Gasteiger partial charge >= 0.3 is 0 Å². The Balaban J connectivity index is 0.00000264. The highest BCUT2D eigenvalue weighted by Crippen LogP contribution is 2.22. The number of likely N-dealkylation sites (tertiary alicyclic amines) is 1. The van der Waals surface area contributed by atoms with Gasteiger partial charge in [0.15, 0.2) is 0 Å². The molecule has 0 bridgehead atoms. The van der Waals surface area contributed by atoms with E-state index in [-0.39, 0.29) is 36.6 Å². The average Bonchev–Trinajstić information content (AvgIpc) is 2.56. The van der Waals surface area contributed by atoms with E-state index < -0.39 is 0 Å². The molecule has 0 aromatic heterocycles. The standard InChI is InChI=1S/C18H29N3O.2ClH/c1-14(2)21-11-9-16(10-12-21)20(3)18(22)17(13-19)15-7-5-4-6-8-15;;/h4-8,14,16-17H,9-13,19H2,1-3H3;2*1H. The molecule has 1 aromatic rings. The van der Waals surface area contributed by atoms with E-state index in [0.717, 1.165) is 31.5 Å². The Kier molecular flexibility index (Phi) is 10.6. The van der Waals surface area contributed by atoms with E-state index in [4.69, 9.17) is 5.73 Å². The summed E-state index contributed by atoms with van der Waals surface area (Å²) in [5, 5.41) is 0. The molecule has 1 saturated heterocycles. The molecule has 6 heteroatoms. The first-order valence-electron chi connectivity index (χ1n) is 8.30. The van der Waals surface area contributed by atoms with Crippen LogP contribution in [0.2, 0.25) is 0 Å². The molecule has 0 spiro atoms. The zero-order valence-electron chi connectivity index (χ0n) is 14.9. The van der Waals surface area contributed by atoms with Crippen LogP contribution in [0.1, 0.15) is 38.2 Å². The summed E-state index contributed by atoms with van der Waals surface area (Å²) in [6.45, 7) is 6.96. The summed E-state index contributed by atoms with van der Waals surface area (Å²) in [5.41, 5.74) is 6.89. The summed E-state index contributed by atoms with van der Waals surface area (Å²) in [6.07, 6.45) is 2.10. The molecule has 1 atom stereocenters. The van der Waals surface area contributed by atoms with Gasteiger partial charge in [0, 0.05) is 38.8 Å². The SMILES string of the molecule is CC(C)N1CCC(N(C)C(=O)C(CN)c2ccccc2)CC1.Cl.Cl. The fourth-order valence-electron chi connectivity index (χ4n) is 3.28. The third kappa shape index (κ3) is 5.62. The Morgan fingerprint density at radius 3 is 2.21 bits per heavy atom. The third-order valence-electron chi connectivity index (χ3n) is 4.86. The van der Waals surface area contributed by atoms with Crippen molar-refractivity contribution in [1.29, 1.82) is 0 Å². The number of likely N-dealkylation sites (N-methyl/N-ethyl adjacent to an activating group) is 1. The number of carbonyl (C=O) groups is 1. The lowest BCUT2D eigenvalue weighted by atomic mass is 9.95. The van der Waals surface area contributed by atoms with Gasteiger partial charge in [0.2, 0.25) is 5.91 Å². The van der Waals surface area contributed by atoms with Crippen LogP contribution in [-0.2, 0) is 4.79 Å². The largest absolute Gasteiger partial charge is 0.342 e. The van der Waals surface area contributed by atoms with Gasteiger partial charge in [-0.05, 0) is 32.3 Å². The van der Waals surface area contributed by atoms with Gasteiger partial charge in [-0.3, -0.25) is 4.79 Å². The minimum Gasteiger partial charge on any atom is -0.342 e. The van der Waals surface area contributed by atoms with Crippen LogP contribution in [0.3, 0.4) is 0 Å². The average molecular weight is 376 g/mol. The van der Waals surface area contributed by atoms with Crippen LogP contribution in [0, 0.1) is 0 Å². The minimum absolute atomic E-state index is 0. The molecule has 1 amide bonds. The topological polar surface area (TPSA) is 49.6 Å². The second-order valence-corrected chi connectivity index (χ2v) is 6.51. The van der Waals surface area contributed by atoms with Crippen molar-refractivity contribution >= 4 is 30.7 Å². The van der Waals surface area contributed by atoms with E-state index in [1.807, 2.05) is 42.3 Å². The van der Waals surface area contributed by atoms with E-state index in [1.54, 1.807) is 0 Å². The summed E-state index contributed by atoms with van der Waals surface area (Å²) in [7, 11) is 1.93. The lowest BCUT2D eigenvalue weighted by Crippen LogP contribution is -2.49. The van der Waals surface area contributed by atoms with Crippen LogP contribution in [0.25, 0.3) is 0 Å². The van der Waals surface area contributed by atoms with Gasteiger partial charge in [0.25, 0.3) is 0 Å². The summed E-state index contributed by atoms with van der Waals surface area (Å²) >= 11 is 0. The zero-order valence-corrected chi connectivity index (χ0v) is 16.5. The third-order valence-corrected chi connectivity index (χ3v) is 4.86. The Hall–Kier alpha value is -0.810. The van der Waals surface area contributed by atoms with Gasteiger partial charge in [-0.25, -0.2) is 0 Å². The molecule has 0 radical (unpaired) electrons. The molecular weight excluding hydrogens is 345 g/mol. The van der Waals surface area contributed by atoms with Gasteiger partial charge in [0.1, 0.15) is 0 Å². The Morgan fingerprint density at radius 1 is 1.21 bits per heavy atom. The molecule has 0 saturated carbocycles. The van der Waals surface area contributed by atoms with Crippen molar-refractivity contribution in [3.8, 4) is 0 Å². The number of halogens is 2. The van der Waals surface area contributed by atoms with Crippen LogP contribution < -0.4 is 5.73 Å². The van der Waals surface area contributed by atoms with E-state index in [0.29, 0.717) is 18.6 Å². The highest BCUT2D eigenvalue weighted by atomic mass is 35.5. The van der Waals surface area contributed by atoms with Crippen LogP contribution in [0.15, 0.2) is 30.3 Å². The highest BCUT2D eigenvalue weighted by Gasteiger charge is 2.30. The quantitative estimate of drug-likeness (QED) is 0.860. The molecule has 4 nitrogen and oxygen atoms in total. The minimum atomic E-state index is -0.227. The number of carbonyl (C=O) groups excluding carboxylic acids is 1. The van der Waals surface area contributed by atoms with Crippen molar-refractivity contribution in [2.75, 3.05) is 26.7 Å². The number of rotatable bonds is 5. The lowest BCUT2D eigenvalue weighted by Gasteiger charge is -2.39. The molecule has 138 valence electrons. The van der Waals surface area contributed by atoms with Crippen molar-refractivity contribution in [3.05, 3.63) is 35.9 Å². The van der Waals surface area contributed by atoms with Crippen LogP contribution in [-0.4, -0.2) is 54.5 Å². The van der Waals surface area contributed by atoms with Gasteiger partial charge < -0.3 is 15.5 Å². The van der Waals surface area contributed by atoms with E-state index in [9.17, 15) is 4.79 Å². The first-order chi connectivity index (χ1) is 10.5. The summed E-state index contributed by atoms with van der Waals surface area (Å²) in [4.78, 5) is 17.2. The molecule has 1 aromatic carbocycles. The summed E-state index contributed by atoms with van der Waals surface area (Å²) < 4.78 is 0. The van der Waals surface area contributed by atoms with Crippen molar-refractivity contribution in [3.63, 3.8) is 0 Å². The second-order valence-electron chi connectivity index (χ2n) is 6.51. The highest BCUT2D eigenvalue weighted by molar-refractivity contribution is 5.85. The number of piperidine rings is 1. The van der Waals surface area contributed by atoms with Crippen LogP contribution in [0.4, 0.5) is 0 Å². The number of nitrogens with two attached hydrogens (primary N) is 1. The van der Waals surface area contributed by atoms with Gasteiger partial charge in [0.05, 0.1) is 5.92 Å². The fourth-order valence-corrected chi connectivity index (χ4v) is 3.28. The molecule has 1 aliphatic rings. The molecule has 24 heavy (non-hydrogen) atoms. The van der Waals surface area contributed by atoms with Crippen LogP contribution in [0.5, 0.6) is 0 Å². The predicted octanol–water partition coefficient (Wildman–Crippen LogP) is 2.90. The molecule has 0 aliphatic carbocycles. The van der Waals surface area contributed by atoms with Crippen LogP contribution >= 0.6 is 24.8 Å². The number of benzene rings is 1. The summed E-state index contributed by atoms with van der Waals surface area (Å²) in [6, 6.07) is 10.8. The lowest BCUT2D eigenvalue weighted by molar-refractivity contribution is -0.134. The molecule has 1 unspecified atom stereocenters. The van der Waals surface area contributed by atoms with Crippen molar-refractivity contribution < 1.29 is 4.79 Å². The molecule has 1 fully saturated rings. The zero-order chi connectivity index (χ0) is 16.1. The van der Waals surface area contributed by atoms with E-state index in [2.05, 4.69) is 18.7 Å². The summed E-state index contributed by atoms with van der Waals surface area (Å²) in [5.74, 6) is -0.0778. The van der Waals surface area contributed by atoms with Crippen molar-refractivity contribution in [2.24, 2.45) is 5.73 Å². The Morgan fingerprint density at radius 2 is 1.75 bits per heavy atom. The maximum absolute atomic E-state index is 12.8. The molecule has 2 N–H and O–H groups in total. The van der Waals surface area contributed by atoms with E-state index in [1.165, 1.54) is 0 Å². The molecule has 1 aliphatic heterocycles. The number of hydrogen-bond donors (Lipinski definition) is 1. The first-order valence-corrected chi connectivity index (χ1v) is 8.30. The molecule has 2 rings (SSSR count). The van der Waals surface area contributed by atoms with Crippen molar-refractivity contribution in [1.82, 2.24) is 9.80 Å². The Bertz CT molecular complexity index is 476. The Labute approximate surface area is 158 Å². The first kappa shape index (κ1) is 23.2. The number of amides is 1. The van der Waals surface area contributed by atoms with Gasteiger partial charge in [-0.1, -0.05) is 30.3 Å². The number of hydrogen-bond acceptors (Lipinski definition) is 3. The number of nitrogens with zero attached hydrogens (tertiary/aromatic N) is 2. The second kappa shape index (κ2) is 10.9. The fraction of sp³-hybridized carbons (Fsp3) is 0.611. The van der Waals surface area contributed by atoms with Crippen molar-refractivity contribution in [2.45, 2.75) is 44.7 Å². The smallest absolute Gasteiger partial charge is 0.231 e. The monoisotopic (exact) mass is 375 g/mol. The van der Waals surface area contributed by atoms with Gasteiger partial charge in [-0.15, -0.1) is 24.8 Å². The van der Waals surface area contributed by atoms with Gasteiger partial charge in [-0.2, -0.15) is 0 Å².